The number of hydrogen-bond acceptors (Lipinski definition) is 2. The van der Waals surface area contributed by atoms with Gasteiger partial charge in [-0.15, -0.1) is 24.8 Å². The number of benzene rings is 1. The number of fused-ring (bicyclic) bond motifs is 3. The van der Waals surface area contributed by atoms with Crippen LogP contribution in [0.4, 0.5) is 0 Å². The number of allylic oxidation sites excluding steroid dienone is 3. The van der Waals surface area contributed by atoms with Crippen LogP contribution in [0.25, 0.3) is 14.9 Å². The van der Waals surface area contributed by atoms with Crippen molar-refractivity contribution in [2.24, 2.45) is 0 Å². The molecular formula is C22H23Cl2S2SiZr. The fourth-order valence-corrected chi connectivity index (χ4v) is 11.4. The molecule has 0 nitrogen and oxygen atoms in total. The van der Waals surface area contributed by atoms with Gasteiger partial charge in [-0.3, -0.25) is 0 Å². The summed E-state index contributed by atoms with van der Waals surface area (Å²) in [6, 6.07) is 8.94. The van der Waals surface area contributed by atoms with Gasteiger partial charge < -0.3 is 0 Å². The minimum Gasteiger partial charge on any atom is -0.147 e. The largest absolute Gasteiger partial charge is 0.147 e. The summed E-state index contributed by atoms with van der Waals surface area (Å²) >= 11 is 5.79. The molecule has 0 fully saturated rings. The number of rotatable bonds is 2. The Labute approximate surface area is 204 Å². The van der Waals surface area contributed by atoms with Crippen LogP contribution in [0, 0.1) is 6.92 Å². The van der Waals surface area contributed by atoms with Crippen LogP contribution in [0.5, 0.6) is 0 Å². The molecule has 0 amide bonds. The minimum atomic E-state index is -0.856. The maximum atomic E-state index is 2.50. The average Bonchev–Trinajstić information content (AvgIpc) is 3.30. The van der Waals surface area contributed by atoms with Gasteiger partial charge in [0.2, 0.25) is 0 Å². The molecule has 2 unspecified atom stereocenters. The number of thioether (sulfide) groups is 1. The van der Waals surface area contributed by atoms with Crippen molar-refractivity contribution in [1.82, 2.24) is 0 Å². The minimum absolute atomic E-state index is 0. The van der Waals surface area contributed by atoms with E-state index in [9.17, 15) is 0 Å². The van der Waals surface area contributed by atoms with Crippen LogP contribution in [0.2, 0.25) is 13.1 Å². The fraction of sp³-hybridized carbons (Fsp3) is 0.273. The molecule has 145 valence electrons. The predicted molar refractivity (Wildman–Crippen MR) is 130 cm³/mol. The van der Waals surface area contributed by atoms with Gasteiger partial charge in [0.05, 0.1) is 0 Å². The third-order valence-electron chi connectivity index (χ3n) is 5.82. The molecule has 28 heavy (non-hydrogen) atoms. The second kappa shape index (κ2) is 8.36. The Bertz CT molecular complexity index is 1140. The topological polar surface area (TPSA) is 0 Å². The van der Waals surface area contributed by atoms with Crippen molar-refractivity contribution in [2.75, 3.05) is 0 Å². The van der Waals surface area contributed by atoms with Crippen LogP contribution in [-0.4, -0.2) is 14.0 Å². The number of halogens is 2. The molecule has 1 aromatic heterocycles. The molecule has 5 rings (SSSR count). The van der Waals surface area contributed by atoms with Crippen molar-refractivity contribution in [3.8, 4) is 0 Å². The molecule has 0 bridgehead atoms. The number of thiophene rings is 1. The standard InChI is InChI=1S/C22H21S2Si.2ClH.Zr/c1-12-19(16-10-9-14-7-5-6-8-15(14)16)20-17(23-12)11-18-21(20)22(25(3)4)13(2)24-18;;;/h5-10,16-17,25H,1-4H3;2*1H;. The molecule has 0 radical (unpaired) electrons. The quantitative estimate of drug-likeness (QED) is 0.501. The van der Waals surface area contributed by atoms with E-state index in [1.54, 1.807) is 63.9 Å². The van der Waals surface area contributed by atoms with Crippen molar-refractivity contribution in [1.29, 1.82) is 0 Å². The van der Waals surface area contributed by atoms with E-state index in [0.717, 1.165) is 0 Å². The molecule has 2 aliphatic carbocycles. The maximum absolute atomic E-state index is 2.50. The van der Waals surface area contributed by atoms with Crippen molar-refractivity contribution in [2.45, 2.75) is 38.1 Å². The van der Waals surface area contributed by atoms with E-state index in [1.807, 2.05) is 0 Å². The molecule has 0 spiro atoms. The Hall–Kier alpha value is 0.170. The molecule has 0 saturated heterocycles. The van der Waals surface area contributed by atoms with E-state index in [0.29, 0.717) is 11.2 Å². The third-order valence-corrected chi connectivity index (χ3v) is 12.6. The first-order chi connectivity index (χ1) is 12.5. The summed E-state index contributed by atoms with van der Waals surface area (Å²) in [5.41, 5.74) is 6.19. The van der Waals surface area contributed by atoms with Crippen LogP contribution in [0.1, 0.15) is 28.8 Å². The Morgan fingerprint density at radius 1 is 1.04 bits per heavy atom. The van der Waals surface area contributed by atoms with Crippen LogP contribution in [0.3, 0.4) is 0 Å². The van der Waals surface area contributed by atoms with Gasteiger partial charge in [0.15, 0.2) is 0 Å². The van der Waals surface area contributed by atoms with Gasteiger partial charge in [-0.2, -0.15) is 0 Å². The van der Waals surface area contributed by atoms with Gasteiger partial charge in [0, 0.05) is 0 Å². The van der Waals surface area contributed by atoms with Crippen LogP contribution >= 0.6 is 47.9 Å². The Balaban J connectivity index is 0.00000112. The number of aryl methyl sites for hydroxylation is 1. The van der Waals surface area contributed by atoms with Gasteiger partial charge >= 0.3 is 181 Å². The van der Waals surface area contributed by atoms with E-state index in [2.05, 4.69) is 86.5 Å². The zero-order valence-corrected chi connectivity index (χ0v) is 23.2. The van der Waals surface area contributed by atoms with Crippen molar-refractivity contribution < 1.29 is 24.7 Å². The summed E-state index contributed by atoms with van der Waals surface area (Å²) in [7, 11) is -0.856. The smallest absolute Gasteiger partial charge is 0.147 e. The summed E-state index contributed by atoms with van der Waals surface area (Å²) in [4.78, 5) is 3.13. The van der Waals surface area contributed by atoms with Crippen LogP contribution < -0.4 is 14.9 Å². The van der Waals surface area contributed by atoms with Crippen molar-refractivity contribution in [3.63, 3.8) is 0 Å². The van der Waals surface area contributed by atoms with Gasteiger partial charge in [0.25, 0.3) is 0 Å². The zero-order chi connectivity index (χ0) is 18.2. The average molecular weight is 542 g/mol. The van der Waals surface area contributed by atoms with Crippen LogP contribution in [0.15, 0.2) is 40.8 Å². The Kier molecular flexibility index (Phi) is 6.82. The maximum Gasteiger partial charge on any atom is -0.147 e. The predicted octanol–water partition coefficient (Wildman–Crippen LogP) is 4.61. The van der Waals surface area contributed by atoms with Crippen LogP contribution in [-0.2, 0) is 24.7 Å². The molecule has 2 atom stereocenters. The molecular weight excluding hydrogens is 519 g/mol. The first-order valence-electron chi connectivity index (χ1n) is 9.23. The summed E-state index contributed by atoms with van der Waals surface area (Å²) < 4.78 is 3.32. The normalized spacial score (nSPS) is 21.6. The Morgan fingerprint density at radius 3 is 2.46 bits per heavy atom. The van der Waals surface area contributed by atoms with E-state index >= 15 is 0 Å². The van der Waals surface area contributed by atoms with E-state index in [1.165, 1.54) is 11.1 Å². The van der Waals surface area contributed by atoms with Gasteiger partial charge in [0.1, 0.15) is 0 Å². The molecule has 2 heterocycles. The summed E-state index contributed by atoms with van der Waals surface area (Å²) in [5.74, 6) is 0.440. The van der Waals surface area contributed by atoms with Crippen molar-refractivity contribution >= 4 is 76.8 Å². The monoisotopic (exact) mass is 539 g/mol. The van der Waals surface area contributed by atoms with Crippen molar-refractivity contribution in [3.05, 3.63) is 66.6 Å². The molecule has 1 aromatic carbocycles. The second-order valence-electron chi connectivity index (χ2n) is 7.69. The summed E-state index contributed by atoms with van der Waals surface area (Å²) in [6.45, 7) is 9.70. The number of hydrogen-bond donors (Lipinski definition) is 0. The first kappa shape index (κ1) is 22.8. The first-order valence-corrected chi connectivity index (χ1v) is 15.0. The third kappa shape index (κ3) is 3.18. The molecule has 2 aromatic rings. The van der Waals surface area contributed by atoms with E-state index in [4.69, 9.17) is 0 Å². The molecule has 0 N–H and O–H groups in total. The zero-order valence-electron chi connectivity index (χ0n) is 16.3. The molecule has 0 saturated carbocycles. The van der Waals surface area contributed by atoms with E-state index < -0.39 is 8.80 Å². The van der Waals surface area contributed by atoms with Gasteiger partial charge in [-0.25, -0.2) is 0 Å². The van der Waals surface area contributed by atoms with E-state index in [-0.39, 0.29) is 24.8 Å². The second-order valence-corrected chi connectivity index (χ2v) is 14.4. The van der Waals surface area contributed by atoms with Gasteiger partial charge in [-0.05, 0) is 0 Å². The fourth-order valence-electron chi connectivity index (χ4n) is 4.82. The summed E-state index contributed by atoms with van der Waals surface area (Å²) in [5, 5.41) is 4.01. The molecule has 3 aliphatic rings. The Morgan fingerprint density at radius 2 is 1.75 bits per heavy atom. The SMILES string of the molecule is CC1=C(C2C=Cc3ccccc32)C2=c3c([SiH](C)C)c(C)sc3=[C]([Zr])C2S1.Cl.Cl. The van der Waals surface area contributed by atoms with Gasteiger partial charge in [-0.1, -0.05) is 0 Å². The molecule has 1 aliphatic heterocycles. The molecule has 6 heteroatoms. The summed E-state index contributed by atoms with van der Waals surface area (Å²) in [6.07, 6.45) is 4.76.